The van der Waals surface area contributed by atoms with Crippen molar-refractivity contribution in [3.8, 4) is 64.6 Å². The van der Waals surface area contributed by atoms with Crippen LogP contribution in [0.15, 0.2) is 83.6 Å². The number of carbonyl (C=O) groups is 1. The average Bonchev–Trinajstić information content (AvgIpc) is 4.23. The van der Waals surface area contributed by atoms with E-state index in [2.05, 4.69) is 117 Å². The zero-order valence-corrected chi connectivity index (χ0v) is 48.0. The van der Waals surface area contributed by atoms with Gasteiger partial charge in [-0.15, -0.1) is 90.7 Å². The van der Waals surface area contributed by atoms with E-state index < -0.39 is 7.15 Å². The number of hydrogen-bond donors (Lipinski definition) is 0. The molecule has 8 aromatic heterocycles. The average molecular weight is 1090 g/mol. The summed E-state index contributed by atoms with van der Waals surface area (Å²) in [6, 6.07) is 29.4. The molecule has 372 valence electrons. The SMILES string of the molecule is CCCCCCc1ccsc1-c1ccc(-c2ccc(-c3sc(C#N)cc3CCCCCC)s2)s1.CCCCCCc1ccsc1-c1ccc(-c2ccc(-c3sc(C=O)cc3CCCCCC)s2)s1.[2H]CF. The monoisotopic (exact) mass is 1080 g/mol. The molecule has 11 heteroatoms. The van der Waals surface area contributed by atoms with Crippen molar-refractivity contribution >= 4 is 97.0 Å². The number of alkyl halides is 1. The van der Waals surface area contributed by atoms with Gasteiger partial charge in [0.05, 0.1) is 13.4 Å². The van der Waals surface area contributed by atoms with Gasteiger partial charge in [0.2, 0.25) is 0 Å². The van der Waals surface area contributed by atoms with E-state index in [0.29, 0.717) is 0 Å². The molecule has 0 bridgehead atoms. The number of hydrogen-bond acceptors (Lipinski definition) is 10. The molecule has 70 heavy (non-hydrogen) atoms. The number of aryl methyl sites for hydroxylation is 4. The highest BCUT2D eigenvalue weighted by molar-refractivity contribution is 7.29. The van der Waals surface area contributed by atoms with Crippen molar-refractivity contribution < 1.29 is 10.6 Å². The summed E-state index contributed by atoms with van der Waals surface area (Å²) in [7, 11) is -1.00. The number of nitriles is 1. The summed E-state index contributed by atoms with van der Waals surface area (Å²) >= 11 is 14.6. The largest absolute Gasteiger partial charge is 0.297 e. The summed E-state index contributed by atoms with van der Waals surface area (Å²) in [6.07, 6.45) is 26.0. The molecule has 0 spiro atoms. The second-order valence-corrected chi connectivity index (χ2v) is 25.9. The number of thiophene rings is 8. The molecule has 0 radical (unpaired) electrons. The van der Waals surface area contributed by atoms with E-state index in [1.165, 1.54) is 196 Å². The van der Waals surface area contributed by atoms with E-state index in [1.807, 2.05) is 68.0 Å². The number of halogens is 1. The maximum absolute atomic E-state index is 11.5. The Hall–Kier alpha value is -3.31. The molecule has 0 aliphatic rings. The summed E-state index contributed by atoms with van der Waals surface area (Å²) in [5.74, 6) is 0. The van der Waals surface area contributed by atoms with Crippen molar-refractivity contribution in [1.29, 1.82) is 5.26 Å². The van der Waals surface area contributed by atoms with Crippen molar-refractivity contribution in [2.75, 3.05) is 7.15 Å². The van der Waals surface area contributed by atoms with Crippen LogP contribution >= 0.6 is 90.7 Å². The van der Waals surface area contributed by atoms with Crippen molar-refractivity contribution in [3.05, 3.63) is 116 Å². The minimum absolute atomic E-state index is 0.831. The summed E-state index contributed by atoms with van der Waals surface area (Å²) < 4.78 is 15.5. The van der Waals surface area contributed by atoms with E-state index in [1.54, 1.807) is 22.7 Å². The number of unbranched alkanes of at least 4 members (excludes halogenated alkanes) is 12. The Balaban J connectivity index is 0.000000220. The third-order valence-corrected chi connectivity index (χ3v) is 21.9. The molecule has 0 fully saturated rings. The third kappa shape index (κ3) is 15.8. The fourth-order valence-electron chi connectivity index (χ4n) is 8.62. The second kappa shape index (κ2) is 30.7. The summed E-state index contributed by atoms with van der Waals surface area (Å²) in [5, 5.41) is 14.0. The van der Waals surface area contributed by atoms with Crippen LogP contribution in [-0.2, 0) is 25.7 Å². The first-order chi connectivity index (χ1) is 34.9. The summed E-state index contributed by atoms with van der Waals surface area (Å²) in [5.41, 5.74) is 5.71. The number of nitrogens with zero attached hydrogens (tertiary/aromatic N) is 1. The molecule has 0 saturated heterocycles. The maximum Gasteiger partial charge on any atom is 0.160 e. The molecule has 0 aromatic carbocycles. The smallest absolute Gasteiger partial charge is 0.160 e. The van der Waals surface area contributed by atoms with Gasteiger partial charge < -0.3 is 0 Å². The highest BCUT2D eigenvalue weighted by atomic mass is 32.1. The fraction of sp³-hybridized carbons (Fsp3) is 0.424. The lowest BCUT2D eigenvalue weighted by Gasteiger charge is -2.02. The van der Waals surface area contributed by atoms with Crippen molar-refractivity contribution in [3.63, 3.8) is 0 Å². The van der Waals surface area contributed by atoms with Gasteiger partial charge >= 0.3 is 0 Å². The van der Waals surface area contributed by atoms with Crippen LogP contribution in [0.3, 0.4) is 0 Å². The summed E-state index contributed by atoms with van der Waals surface area (Å²) in [4.78, 5) is 29.4. The van der Waals surface area contributed by atoms with Gasteiger partial charge in [0.25, 0.3) is 0 Å². The van der Waals surface area contributed by atoms with E-state index in [4.69, 9.17) is 1.37 Å². The molecule has 0 atom stereocenters. The highest BCUT2D eigenvalue weighted by Crippen LogP contribution is 2.47. The molecule has 0 amide bonds. The Kier molecular flexibility index (Phi) is 23.9. The van der Waals surface area contributed by atoms with Gasteiger partial charge in [-0.1, -0.05) is 105 Å². The molecule has 0 unspecified atom stereocenters. The van der Waals surface area contributed by atoms with Crippen molar-refractivity contribution in [2.45, 2.75) is 156 Å². The van der Waals surface area contributed by atoms with Gasteiger partial charge in [-0.2, -0.15) is 5.26 Å². The molecule has 0 aliphatic carbocycles. The quantitative estimate of drug-likeness (QED) is 0.0380. The van der Waals surface area contributed by atoms with Crippen LogP contribution in [0.25, 0.3) is 58.5 Å². The van der Waals surface area contributed by atoms with Gasteiger partial charge in [0.1, 0.15) is 10.9 Å². The molecule has 8 rings (SSSR count). The van der Waals surface area contributed by atoms with Crippen LogP contribution in [-0.4, -0.2) is 13.4 Å². The van der Waals surface area contributed by atoms with E-state index in [0.717, 1.165) is 28.9 Å². The third-order valence-electron chi connectivity index (χ3n) is 12.4. The number of aldehydes is 1. The molecular weight excluding hydrogens is 1010 g/mol. The van der Waals surface area contributed by atoms with E-state index in [9.17, 15) is 14.4 Å². The predicted octanol–water partition coefficient (Wildman–Crippen LogP) is 22.6. The van der Waals surface area contributed by atoms with Crippen LogP contribution in [0.1, 0.15) is 169 Å². The van der Waals surface area contributed by atoms with Crippen LogP contribution in [0.5, 0.6) is 0 Å². The number of carbonyl (C=O) groups excluding carboxylic acids is 1. The van der Waals surface area contributed by atoms with Crippen LogP contribution < -0.4 is 0 Å². The highest BCUT2D eigenvalue weighted by Gasteiger charge is 2.18. The summed E-state index contributed by atoms with van der Waals surface area (Å²) in [6.45, 7) is 9.04. The second-order valence-electron chi connectivity index (χ2n) is 17.6. The molecule has 8 aromatic rings. The zero-order chi connectivity index (χ0) is 50.2. The van der Waals surface area contributed by atoms with E-state index >= 15 is 0 Å². The molecular formula is C59H70FNOS8. The molecule has 0 saturated carbocycles. The maximum atomic E-state index is 11.5. The fourth-order valence-corrected chi connectivity index (χ4v) is 17.4. The van der Waals surface area contributed by atoms with Gasteiger partial charge in [0, 0.05) is 58.5 Å². The lowest BCUT2D eigenvalue weighted by molar-refractivity contribution is 0.112. The standard InChI is InChI=1S/C29H33NS4.C29H34OS4.CH3F/c2*1-3-5-7-9-11-21-17-18-31-28(21)26-15-13-24(33-26)25-14-16-27(34-25)29-22(12-10-8-6-4-2)19-23(20-30)32-29;1-2/h13-19H,3-12H2,1-2H3;13-20H,3-12H2,1-2H3;1H3/i;;1D. The topological polar surface area (TPSA) is 40.9 Å². The number of rotatable bonds is 27. The Bertz CT molecular complexity index is 2800. The van der Waals surface area contributed by atoms with Crippen molar-refractivity contribution in [1.82, 2.24) is 0 Å². The first-order valence-electron chi connectivity index (χ1n) is 26.1. The van der Waals surface area contributed by atoms with Crippen LogP contribution in [0.4, 0.5) is 4.39 Å². The minimum atomic E-state index is -1.00. The van der Waals surface area contributed by atoms with Gasteiger partial charge in [-0.05, 0) is 157 Å². The molecule has 0 aliphatic heterocycles. The zero-order valence-electron chi connectivity index (χ0n) is 42.5. The Morgan fingerprint density at radius 2 is 0.800 bits per heavy atom. The first kappa shape index (κ1) is 54.5. The van der Waals surface area contributed by atoms with Gasteiger partial charge in [-0.3, -0.25) is 9.18 Å². The minimum Gasteiger partial charge on any atom is -0.297 e. The van der Waals surface area contributed by atoms with E-state index in [-0.39, 0.29) is 0 Å². The van der Waals surface area contributed by atoms with Crippen LogP contribution in [0.2, 0.25) is 0 Å². The van der Waals surface area contributed by atoms with Crippen molar-refractivity contribution in [2.24, 2.45) is 0 Å². The predicted molar refractivity (Wildman–Crippen MR) is 317 cm³/mol. The molecule has 8 heterocycles. The van der Waals surface area contributed by atoms with Gasteiger partial charge in [0.15, 0.2) is 6.29 Å². The Labute approximate surface area is 452 Å². The molecule has 0 N–H and O–H groups in total. The lowest BCUT2D eigenvalue weighted by atomic mass is 10.1. The van der Waals surface area contributed by atoms with Gasteiger partial charge in [-0.25, -0.2) is 0 Å². The van der Waals surface area contributed by atoms with Crippen LogP contribution in [0, 0.1) is 11.3 Å². The molecule has 2 nitrogen and oxygen atoms in total. The normalized spacial score (nSPS) is 11.2. The Morgan fingerprint density at radius 3 is 1.17 bits per heavy atom. The first-order valence-corrected chi connectivity index (χ1v) is 32.0. The Morgan fingerprint density at radius 1 is 0.457 bits per heavy atom. The lowest BCUT2D eigenvalue weighted by Crippen LogP contribution is -1.85.